The summed E-state index contributed by atoms with van der Waals surface area (Å²) in [5.41, 5.74) is 4.89. The zero-order chi connectivity index (χ0) is 27.8. The van der Waals surface area contributed by atoms with Crippen LogP contribution in [0.25, 0.3) is 0 Å². The van der Waals surface area contributed by atoms with Crippen molar-refractivity contribution in [3.05, 3.63) is 107 Å². The Kier molecular flexibility index (Phi) is 5.44. The number of rotatable bonds is 10. The fourth-order valence-electron chi connectivity index (χ4n) is 8.09. The van der Waals surface area contributed by atoms with Gasteiger partial charge in [0.15, 0.2) is 23.5 Å². The Morgan fingerprint density at radius 2 is 1.07 bits per heavy atom. The molecule has 4 aliphatic carbocycles. The van der Waals surface area contributed by atoms with E-state index >= 15 is 0 Å². The molecule has 0 saturated heterocycles. The number of aromatic hydroxyl groups is 4. The van der Waals surface area contributed by atoms with Gasteiger partial charge in [-0.1, -0.05) is 60.7 Å². The number of aromatic nitrogens is 2. The molecule has 4 unspecified atom stereocenters. The molecule has 2 heterocycles. The van der Waals surface area contributed by atoms with Gasteiger partial charge in [0.05, 0.1) is 13.1 Å². The SMILES string of the molecule is C=CCCC12C=CC(C1)c1c2c(O)n(Cc2ccc(Cn3c(O)c4c(c3O)C3(CCC=C)C=CC4C3)cc2)c1O. The molecule has 2 aromatic heterocycles. The molecule has 1 aromatic carbocycles. The van der Waals surface area contributed by atoms with Crippen LogP contribution in [0, 0.1) is 0 Å². The summed E-state index contributed by atoms with van der Waals surface area (Å²) in [6.07, 6.45) is 17.8. The predicted molar refractivity (Wildman–Crippen MR) is 155 cm³/mol. The summed E-state index contributed by atoms with van der Waals surface area (Å²) in [6, 6.07) is 7.90. The van der Waals surface area contributed by atoms with Crippen LogP contribution in [0.2, 0.25) is 0 Å². The molecule has 0 spiro atoms. The molecular formula is C34H36N2O4. The molecule has 40 heavy (non-hydrogen) atoms. The van der Waals surface area contributed by atoms with E-state index in [-0.39, 0.29) is 46.2 Å². The van der Waals surface area contributed by atoms with Gasteiger partial charge < -0.3 is 20.4 Å². The van der Waals surface area contributed by atoms with Gasteiger partial charge in [-0.2, -0.15) is 0 Å². The summed E-state index contributed by atoms with van der Waals surface area (Å²) in [6.45, 7) is 8.42. The highest BCUT2D eigenvalue weighted by Gasteiger charge is 2.51. The maximum atomic E-state index is 11.2. The van der Waals surface area contributed by atoms with Gasteiger partial charge in [0, 0.05) is 44.9 Å². The van der Waals surface area contributed by atoms with Crippen LogP contribution < -0.4 is 0 Å². The Hall–Kier alpha value is -4.06. The van der Waals surface area contributed by atoms with Crippen LogP contribution in [0.3, 0.4) is 0 Å². The molecule has 206 valence electrons. The van der Waals surface area contributed by atoms with E-state index < -0.39 is 0 Å². The molecule has 3 aromatic rings. The largest absolute Gasteiger partial charge is 0.494 e. The van der Waals surface area contributed by atoms with Crippen LogP contribution in [0.15, 0.2) is 73.9 Å². The first kappa shape index (κ1) is 24.9. The van der Waals surface area contributed by atoms with E-state index in [1.54, 1.807) is 9.13 Å². The van der Waals surface area contributed by atoms with Crippen molar-refractivity contribution in [2.75, 3.05) is 0 Å². The maximum Gasteiger partial charge on any atom is 0.198 e. The van der Waals surface area contributed by atoms with E-state index in [9.17, 15) is 20.4 Å². The molecule has 6 heteroatoms. The molecule has 0 aliphatic heterocycles. The Bertz CT molecular complexity index is 1480. The third-order valence-corrected chi connectivity index (χ3v) is 9.98. The molecule has 0 amide bonds. The van der Waals surface area contributed by atoms with E-state index in [1.807, 2.05) is 36.4 Å². The van der Waals surface area contributed by atoms with Gasteiger partial charge in [-0.25, -0.2) is 0 Å². The highest BCUT2D eigenvalue weighted by atomic mass is 16.3. The molecule has 0 saturated carbocycles. The van der Waals surface area contributed by atoms with Crippen molar-refractivity contribution < 1.29 is 20.4 Å². The van der Waals surface area contributed by atoms with Crippen LogP contribution in [-0.4, -0.2) is 29.6 Å². The molecule has 0 fully saturated rings. The number of hydrogen-bond donors (Lipinski definition) is 4. The zero-order valence-electron chi connectivity index (χ0n) is 22.7. The average Bonchev–Trinajstić information content (AvgIpc) is 3.79. The highest BCUT2D eigenvalue weighted by molar-refractivity contribution is 5.63. The number of allylic oxidation sites excluding steroid dienone is 6. The topological polar surface area (TPSA) is 90.8 Å². The van der Waals surface area contributed by atoms with Crippen molar-refractivity contribution in [1.82, 2.24) is 9.13 Å². The van der Waals surface area contributed by atoms with Gasteiger partial charge in [0.1, 0.15) is 0 Å². The van der Waals surface area contributed by atoms with Crippen LogP contribution in [-0.2, 0) is 23.9 Å². The monoisotopic (exact) mass is 536 g/mol. The number of fused-ring (bicyclic) bond motifs is 10. The second kappa shape index (κ2) is 8.72. The minimum Gasteiger partial charge on any atom is -0.494 e. The third kappa shape index (κ3) is 3.28. The lowest BCUT2D eigenvalue weighted by atomic mass is 9.79. The standard InChI is InChI=1S/C34H36N2O4/c1-3-5-13-33-15-11-23(17-33)25-27(33)31(39)35(29(25)37)19-21-7-9-22(10-8-21)20-36-30(38)26-24-12-16-34(18-24,14-6-4-2)28(26)32(36)40/h3-4,7-12,15-16,23-24,37-40H,1-2,5-6,13-14,17-20H2. The van der Waals surface area contributed by atoms with Crippen LogP contribution in [0.4, 0.5) is 0 Å². The molecule has 0 radical (unpaired) electrons. The van der Waals surface area contributed by atoms with Gasteiger partial charge in [0.2, 0.25) is 0 Å². The highest BCUT2D eigenvalue weighted by Crippen LogP contribution is 2.62. The molecule has 6 nitrogen and oxygen atoms in total. The van der Waals surface area contributed by atoms with Crippen molar-refractivity contribution in [1.29, 1.82) is 0 Å². The summed E-state index contributed by atoms with van der Waals surface area (Å²) in [7, 11) is 0. The smallest absolute Gasteiger partial charge is 0.198 e. The van der Waals surface area contributed by atoms with Gasteiger partial charge in [-0.15, -0.1) is 13.2 Å². The van der Waals surface area contributed by atoms with E-state index in [2.05, 4.69) is 37.5 Å². The minimum atomic E-state index is -0.231. The first-order chi connectivity index (χ1) is 19.3. The lowest BCUT2D eigenvalue weighted by molar-refractivity contribution is 0.360. The first-order valence-electron chi connectivity index (χ1n) is 14.3. The van der Waals surface area contributed by atoms with E-state index in [1.165, 1.54) is 0 Å². The van der Waals surface area contributed by atoms with Gasteiger partial charge >= 0.3 is 0 Å². The Morgan fingerprint density at radius 1 is 0.675 bits per heavy atom. The molecule has 4 N–H and O–H groups in total. The van der Waals surface area contributed by atoms with Gasteiger partial charge in [-0.3, -0.25) is 9.13 Å². The van der Waals surface area contributed by atoms with Crippen LogP contribution in [0.1, 0.15) is 83.7 Å². The van der Waals surface area contributed by atoms with Crippen molar-refractivity contribution in [3.63, 3.8) is 0 Å². The minimum absolute atomic E-state index is 0.138. The molecule has 7 rings (SSSR count). The van der Waals surface area contributed by atoms with Crippen molar-refractivity contribution >= 4 is 0 Å². The fraction of sp³-hybridized carbons (Fsp3) is 0.353. The zero-order valence-corrected chi connectivity index (χ0v) is 22.7. The number of benzene rings is 1. The summed E-state index contributed by atoms with van der Waals surface area (Å²) in [4.78, 5) is 0. The quantitative estimate of drug-likeness (QED) is 0.216. The van der Waals surface area contributed by atoms with E-state index in [0.717, 1.165) is 71.9 Å². The lowest BCUT2D eigenvalue weighted by Crippen LogP contribution is -2.18. The normalized spacial score (nSPS) is 26.5. The lowest BCUT2D eigenvalue weighted by Gasteiger charge is -2.24. The van der Waals surface area contributed by atoms with Gasteiger partial charge in [0.25, 0.3) is 0 Å². The van der Waals surface area contributed by atoms with E-state index in [4.69, 9.17) is 0 Å². The van der Waals surface area contributed by atoms with Gasteiger partial charge in [-0.05, 0) is 49.7 Å². The Balaban J connectivity index is 1.13. The summed E-state index contributed by atoms with van der Waals surface area (Å²) in [5.74, 6) is 0.877. The molecular weight excluding hydrogens is 500 g/mol. The van der Waals surface area contributed by atoms with Crippen molar-refractivity contribution in [3.8, 4) is 23.5 Å². The third-order valence-electron chi connectivity index (χ3n) is 9.98. The maximum absolute atomic E-state index is 11.2. The Morgan fingerprint density at radius 3 is 1.45 bits per heavy atom. The second-order valence-corrected chi connectivity index (χ2v) is 12.2. The summed E-state index contributed by atoms with van der Waals surface area (Å²) < 4.78 is 3.22. The second-order valence-electron chi connectivity index (χ2n) is 12.2. The van der Waals surface area contributed by atoms with Crippen molar-refractivity contribution in [2.45, 2.75) is 74.3 Å². The molecule has 4 atom stereocenters. The Labute approximate surface area is 234 Å². The number of nitrogens with zero attached hydrogens (tertiary/aromatic N) is 2. The summed E-state index contributed by atoms with van der Waals surface area (Å²) >= 11 is 0. The summed E-state index contributed by atoms with van der Waals surface area (Å²) in [5, 5.41) is 44.7. The molecule has 4 bridgehead atoms. The van der Waals surface area contributed by atoms with Crippen LogP contribution in [0.5, 0.6) is 23.5 Å². The number of hydrogen-bond acceptors (Lipinski definition) is 4. The first-order valence-corrected chi connectivity index (χ1v) is 14.3. The van der Waals surface area contributed by atoms with Crippen LogP contribution >= 0.6 is 0 Å². The van der Waals surface area contributed by atoms with E-state index in [0.29, 0.717) is 13.1 Å². The molecule has 4 aliphatic rings. The predicted octanol–water partition coefficient (Wildman–Crippen LogP) is 6.73. The average molecular weight is 537 g/mol. The fourth-order valence-corrected chi connectivity index (χ4v) is 8.09. The van der Waals surface area contributed by atoms with Crippen molar-refractivity contribution in [2.24, 2.45) is 0 Å².